The molecule has 0 amide bonds. The molecule has 0 saturated heterocycles. The molecule has 0 aliphatic heterocycles. The minimum absolute atomic E-state index is 0.0608. The van der Waals surface area contributed by atoms with Gasteiger partial charge in [0.05, 0.1) is 19.3 Å². The molecule has 0 aliphatic rings. The highest BCUT2D eigenvalue weighted by Gasteiger charge is 2.08. The van der Waals surface area contributed by atoms with E-state index in [1.807, 2.05) is 13.8 Å². The molecule has 88 valence electrons. The summed E-state index contributed by atoms with van der Waals surface area (Å²) >= 11 is 0. The van der Waals surface area contributed by atoms with Crippen molar-refractivity contribution in [3.63, 3.8) is 0 Å². The molecule has 0 rings (SSSR count). The van der Waals surface area contributed by atoms with Crippen LogP contribution in [0.3, 0.4) is 0 Å². The van der Waals surface area contributed by atoms with Crippen molar-refractivity contribution in [1.82, 2.24) is 0 Å². The summed E-state index contributed by atoms with van der Waals surface area (Å²) < 4.78 is 15.5. The zero-order valence-electron chi connectivity index (χ0n) is 9.53. The number of rotatable bonds is 9. The molecule has 15 heavy (non-hydrogen) atoms. The number of carbonyl (C=O) groups excluding carboxylic acids is 1. The lowest BCUT2D eigenvalue weighted by atomic mass is 10.3. The van der Waals surface area contributed by atoms with Gasteiger partial charge >= 0.3 is 5.97 Å². The molecule has 4 nitrogen and oxygen atoms in total. The first kappa shape index (κ1) is 14.1. The monoisotopic (exact) mass is 216 g/mol. The lowest BCUT2D eigenvalue weighted by molar-refractivity contribution is -0.142. The van der Waals surface area contributed by atoms with Crippen molar-refractivity contribution >= 4 is 5.97 Å². The maximum Gasteiger partial charge on any atom is 0.330 e. The largest absolute Gasteiger partial charge is 0.460 e. The highest BCUT2D eigenvalue weighted by Crippen LogP contribution is 1.99. The maximum absolute atomic E-state index is 10.8. The van der Waals surface area contributed by atoms with Gasteiger partial charge in [0, 0.05) is 12.7 Å². The summed E-state index contributed by atoms with van der Waals surface area (Å²) in [6.07, 6.45) is 1.89. The van der Waals surface area contributed by atoms with Gasteiger partial charge in [-0.3, -0.25) is 0 Å². The first-order valence-corrected chi connectivity index (χ1v) is 5.23. The molecule has 0 radical (unpaired) electrons. The Morgan fingerprint density at radius 3 is 2.67 bits per heavy atom. The van der Waals surface area contributed by atoms with Gasteiger partial charge in [-0.15, -0.1) is 0 Å². The van der Waals surface area contributed by atoms with Crippen LogP contribution in [-0.4, -0.2) is 38.5 Å². The van der Waals surface area contributed by atoms with Gasteiger partial charge in [0.15, 0.2) is 0 Å². The van der Waals surface area contributed by atoms with Crippen LogP contribution >= 0.6 is 0 Å². The standard InChI is InChI=1S/C11H20O4/c1-4-10(9-15-11(12)5-2)14-8-7-13-6-3/h5,10H,2,4,6-9H2,1,3H3. The lowest BCUT2D eigenvalue weighted by Crippen LogP contribution is -2.22. The average Bonchev–Trinajstić information content (AvgIpc) is 2.27. The van der Waals surface area contributed by atoms with Gasteiger partial charge in [-0.2, -0.15) is 0 Å². The Kier molecular flexibility index (Phi) is 9.11. The van der Waals surface area contributed by atoms with Crippen LogP contribution in [0.4, 0.5) is 0 Å². The van der Waals surface area contributed by atoms with Crippen LogP contribution in [0.1, 0.15) is 20.3 Å². The molecule has 0 spiro atoms. The van der Waals surface area contributed by atoms with Crippen molar-refractivity contribution in [3.05, 3.63) is 12.7 Å². The Morgan fingerprint density at radius 1 is 1.40 bits per heavy atom. The number of carbonyl (C=O) groups is 1. The van der Waals surface area contributed by atoms with Crippen molar-refractivity contribution < 1.29 is 19.0 Å². The minimum atomic E-state index is -0.415. The van der Waals surface area contributed by atoms with Crippen molar-refractivity contribution in [1.29, 1.82) is 0 Å². The van der Waals surface area contributed by atoms with Gasteiger partial charge in [-0.05, 0) is 13.3 Å². The SMILES string of the molecule is C=CC(=O)OCC(CC)OCCOCC. The van der Waals surface area contributed by atoms with E-state index in [1.165, 1.54) is 0 Å². The fourth-order valence-corrected chi connectivity index (χ4v) is 0.936. The van der Waals surface area contributed by atoms with Crippen LogP contribution in [0.15, 0.2) is 12.7 Å². The summed E-state index contributed by atoms with van der Waals surface area (Å²) in [7, 11) is 0. The molecule has 0 aromatic heterocycles. The summed E-state index contributed by atoms with van der Waals surface area (Å²) in [6, 6.07) is 0. The van der Waals surface area contributed by atoms with Gasteiger partial charge in [-0.1, -0.05) is 13.5 Å². The van der Waals surface area contributed by atoms with Crippen LogP contribution in [0.25, 0.3) is 0 Å². The Bertz CT molecular complexity index is 179. The summed E-state index contributed by atoms with van der Waals surface area (Å²) in [5.41, 5.74) is 0. The fraction of sp³-hybridized carbons (Fsp3) is 0.727. The second kappa shape index (κ2) is 9.68. The predicted octanol–water partition coefficient (Wildman–Crippen LogP) is 1.55. The molecule has 0 N–H and O–H groups in total. The van der Waals surface area contributed by atoms with Crippen molar-refractivity contribution in [3.8, 4) is 0 Å². The molecule has 1 unspecified atom stereocenters. The summed E-state index contributed by atoms with van der Waals surface area (Å²) in [5.74, 6) is -0.415. The van der Waals surface area contributed by atoms with Crippen LogP contribution < -0.4 is 0 Å². The lowest BCUT2D eigenvalue weighted by Gasteiger charge is -2.15. The van der Waals surface area contributed by atoms with Crippen molar-refractivity contribution in [2.45, 2.75) is 26.4 Å². The number of hydrogen-bond donors (Lipinski definition) is 0. The zero-order chi connectivity index (χ0) is 11.5. The van der Waals surface area contributed by atoms with E-state index in [0.717, 1.165) is 12.5 Å². The third-order valence-electron chi connectivity index (χ3n) is 1.82. The molecule has 0 aliphatic carbocycles. The van der Waals surface area contributed by atoms with E-state index < -0.39 is 5.97 Å². The Balaban J connectivity index is 3.54. The van der Waals surface area contributed by atoms with Crippen LogP contribution in [-0.2, 0) is 19.0 Å². The Labute approximate surface area is 91.2 Å². The highest BCUT2D eigenvalue weighted by molar-refractivity contribution is 5.81. The third-order valence-corrected chi connectivity index (χ3v) is 1.82. The highest BCUT2D eigenvalue weighted by atomic mass is 16.6. The molecular weight excluding hydrogens is 196 g/mol. The Hall–Kier alpha value is -0.870. The van der Waals surface area contributed by atoms with E-state index in [4.69, 9.17) is 14.2 Å². The molecule has 0 heterocycles. The van der Waals surface area contributed by atoms with Crippen LogP contribution in [0.5, 0.6) is 0 Å². The number of ether oxygens (including phenoxy) is 3. The first-order valence-electron chi connectivity index (χ1n) is 5.23. The van der Waals surface area contributed by atoms with Gasteiger partial charge in [-0.25, -0.2) is 4.79 Å². The molecule has 0 aromatic carbocycles. The summed E-state index contributed by atoms with van der Waals surface area (Å²) in [5, 5.41) is 0. The molecule has 0 aromatic rings. The molecular formula is C11H20O4. The third kappa shape index (κ3) is 8.15. The molecule has 0 saturated carbocycles. The fourth-order valence-electron chi connectivity index (χ4n) is 0.936. The summed E-state index contributed by atoms with van der Waals surface area (Å²) in [4.78, 5) is 10.8. The van der Waals surface area contributed by atoms with E-state index >= 15 is 0 Å². The van der Waals surface area contributed by atoms with Crippen molar-refractivity contribution in [2.75, 3.05) is 26.4 Å². The maximum atomic E-state index is 10.8. The first-order chi connectivity index (χ1) is 7.24. The topological polar surface area (TPSA) is 44.8 Å². The Morgan fingerprint density at radius 2 is 2.13 bits per heavy atom. The smallest absolute Gasteiger partial charge is 0.330 e. The second-order valence-electron chi connectivity index (χ2n) is 2.93. The number of hydrogen-bond acceptors (Lipinski definition) is 4. The molecule has 1 atom stereocenters. The van der Waals surface area contributed by atoms with Crippen LogP contribution in [0, 0.1) is 0 Å². The molecule has 0 bridgehead atoms. The predicted molar refractivity (Wildman–Crippen MR) is 57.7 cm³/mol. The van der Waals surface area contributed by atoms with E-state index in [9.17, 15) is 4.79 Å². The van der Waals surface area contributed by atoms with Gasteiger partial charge in [0.25, 0.3) is 0 Å². The van der Waals surface area contributed by atoms with E-state index in [1.54, 1.807) is 0 Å². The molecule has 4 heteroatoms. The normalized spacial score (nSPS) is 12.1. The second-order valence-corrected chi connectivity index (χ2v) is 2.93. The summed E-state index contributed by atoms with van der Waals surface area (Å²) in [6.45, 7) is 9.28. The quantitative estimate of drug-likeness (QED) is 0.333. The average molecular weight is 216 g/mol. The molecule has 0 fully saturated rings. The van der Waals surface area contributed by atoms with Gasteiger partial charge in [0.1, 0.15) is 6.61 Å². The van der Waals surface area contributed by atoms with Gasteiger partial charge in [0.2, 0.25) is 0 Å². The van der Waals surface area contributed by atoms with Gasteiger partial charge < -0.3 is 14.2 Å². The van der Waals surface area contributed by atoms with Crippen molar-refractivity contribution in [2.24, 2.45) is 0 Å². The van der Waals surface area contributed by atoms with E-state index in [-0.39, 0.29) is 12.7 Å². The van der Waals surface area contributed by atoms with E-state index in [2.05, 4.69) is 6.58 Å². The minimum Gasteiger partial charge on any atom is -0.460 e. The van der Waals surface area contributed by atoms with Crippen LogP contribution in [0.2, 0.25) is 0 Å². The zero-order valence-corrected chi connectivity index (χ0v) is 9.53. The number of esters is 1. The van der Waals surface area contributed by atoms with E-state index in [0.29, 0.717) is 19.8 Å².